The number of esters is 1. The molecular weight excluding hydrogens is 468 g/mol. The van der Waals surface area contributed by atoms with E-state index >= 15 is 0 Å². The highest BCUT2D eigenvalue weighted by molar-refractivity contribution is 5.92. The van der Waals surface area contributed by atoms with Crippen molar-refractivity contribution in [2.24, 2.45) is 5.92 Å². The van der Waals surface area contributed by atoms with Crippen molar-refractivity contribution in [2.75, 3.05) is 31.5 Å². The highest BCUT2D eigenvalue weighted by atomic mass is 16.6. The Bertz CT molecular complexity index is 1320. The van der Waals surface area contributed by atoms with Crippen molar-refractivity contribution in [1.29, 1.82) is 0 Å². The van der Waals surface area contributed by atoms with Gasteiger partial charge in [-0.25, -0.2) is 9.78 Å². The van der Waals surface area contributed by atoms with E-state index in [0.717, 1.165) is 37.1 Å². The van der Waals surface area contributed by atoms with Crippen molar-refractivity contribution in [3.05, 3.63) is 89.4 Å². The first-order valence-electron chi connectivity index (χ1n) is 12.7. The fourth-order valence-corrected chi connectivity index (χ4v) is 6.14. The molecule has 0 saturated carbocycles. The number of nitrogens with zero attached hydrogens (tertiary/aromatic N) is 3. The number of aromatic nitrogens is 2. The van der Waals surface area contributed by atoms with E-state index in [1.54, 1.807) is 18.3 Å². The van der Waals surface area contributed by atoms with Crippen LogP contribution in [0.4, 0.5) is 5.82 Å². The van der Waals surface area contributed by atoms with Gasteiger partial charge in [-0.05, 0) is 11.1 Å². The van der Waals surface area contributed by atoms with Crippen LogP contribution >= 0.6 is 0 Å². The highest BCUT2D eigenvalue weighted by Gasteiger charge is 2.52. The molecule has 0 spiro atoms. The van der Waals surface area contributed by atoms with Gasteiger partial charge in [-0.15, -0.1) is 0 Å². The number of anilines is 1. The zero-order valence-electron chi connectivity index (χ0n) is 20.4. The number of amides is 1. The van der Waals surface area contributed by atoms with Crippen molar-refractivity contribution in [3.8, 4) is 0 Å². The third kappa shape index (κ3) is 4.22. The Hall–Kier alpha value is -3.88. The number of benzene rings is 2. The molecule has 4 heterocycles. The maximum Gasteiger partial charge on any atom is 0.348 e. The summed E-state index contributed by atoms with van der Waals surface area (Å²) in [6.07, 6.45) is 9.80. The van der Waals surface area contributed by atoms with Gasteiger partial charge in [0.2, 0.25) is 5.60 Å². The number of rotatable bonds is 5. The van der Waals surface area contributed by atoms with Crippen LogP contribution in [-0.2, 0) is 19.9 Å². The van der Waals surface area contributed by atoms with E-state index in [1.165, 1.54) is 12.4 Å². The first-order valence-corrected chi connectivity index (χ1v) is 12.7. The molecular formula is C29H29N4O4+. The predicted molar refractivity (Wildman–Crippen MR) is 138 cm³/mol. The highest BCUT2D eigenvalue weighted by Crippen LogP contribution is 2.41. The molecule has 3 aliphatic heterocycles. The van der Waals surface area contributed by atoms with Crippen LogP contribution in [0.15, 0.2) is 67.1 Å². The molecule has 4 aliphatic rings. The second-order valence-corrected chi connectivity index (χ2v) is 10.3. The van der Waals surface area contributed by atoms with E-state index in [2.05, 4.69) is 15.3 Å². The minimum atomic E-state index is -1.93. The van der Waals surface area contributed by atoms with Gasteiger partial charge in [-0.2, -0.15) is 0 Å². The lowest BCUT2D eigenvalue weighted by molar-refractivity contribution is -0.939. The fourth-order valence-electron chi connectivity index (χ4n) is 6.14. The molecule has 2 bridgehead atoms. The SMILES string of the molecule is O=C(C[N+]12CCC(CC1)[C@@H](OC(=O)C1(O)c3ccccc3C=Cc3ccccc31)C2)Nc1cnccn1. The number of ether oxygens (including phenoxy) is 1. The summed E-state index contributed by atoms with van der Waals surface area (Å²) in [5.74, 6) is -0.175. The summed E-state index contributed by atoms with van der Waals surface area (Å²) in [5, 5.41) is 14.9. The van der Waals surface area contributed by atoms with Crippen LogP contribution in [0.25, 0.3) is 12.2 Å². The van der Waals surface area contributed by atoms with E-state index in [4.69, 9.17) is 4.74 Å². The second kappa shape index (κ2) is 9.21. The molecule has 2 aromatic carbocycles. The normalized spacial score (nSPS) is 24.9. The Kier molecular flexibility index (Phi) is 5.85. The Balaban J connectivity index is 1.25. The van der Waals surface area contributed by atoms with E-state index in [-0.39, 0.29) is 24.5 Å². The maximum atomic E-state index is 13.9. The third-order valence-corrected chi connectivity index (χ3v) is 8.05. The minimum absolute atomic E-state index is 0.137. The number of fused-ring (bicyclic) bond motifs is 5. The lowest BCUT2D eigenvalue weighted by atomic mass is 9.81. The van der Waals surface area contributed by atoms with Gasteiger partial charge in [0.15, 0.2) is 18.5 Å². The smallest absolute Gasteiger partial charge is 0.348 e. The maximum absolute atomic E-state index is 13.9. The van der Waals surface area contributed by atoms with Gasteiger partial charge in [0.25, 0.3) is 5.91 Å². The minimum Gasteiger partial charge on any atom is -0.453 e. The average molecular weight is 498 g/mol. The van der Waals surface area contributed by atoms with Crippen LogP contribution in [0.3, 0.4) is 0 Å². The van der Waals surface area contributed by atoms with Crippen LogP contribution in [0.2, 0.25) is 0 Å². The number of quaternary nitrogens is 1. The second-order valence-electron chi connectivity index (χ2n) is 10.3. The quantitative estimate of drug-likeness (QED) is 0.415. The molecule has 2 N–H and O–H groups in total. The summed E-state index contributed by atoms with van der Waals surface area (Å²) in [5.41, 5.74) is 0.633. The zero-order valence-corrected chi connectivity index (χ0v) is 20.4. The van der Waals surface area contributed by atoms with Crippen molar-refractivity contribution in [2.45, 2.75) is 24.5 Å². The molecule has 8 heteroatoms. The summed E-state index contributed by atoms with van der Waals surface area (Å²) in [6, 6.07) is 14.8. The van der Waals surface area contributed by atoms with E-state index in [9.17, 15) is 14.7 Å². The lowest BCUT2D eigenvalue weighted by Gasteiger charge is -2.51. The largest absolute Gasteiger partial charge is 0.453 e. The monoisotopic (exact) mass is 497 g/mol. The van der Waals surface area contributed by atoms with Crippen LogP contribution < -0.4 is 5.32 Å². The molecule has 0 unspecified atom stereocenters. The number of aliphatic hydroxyl groups is 1. The summed E-state index contributed by atoms with van der Waals surface area (Å²) < 4.78 is 6.72. The topological polar surface area (TPSA) is 101 Å². The molecule has 7 rings (SSSR count). The lowest BCUT2D eigenvalue weighted by Crippen LogP contribution is -2.66. The molecule has 3 fully saturated rings. The van der Waals surface area contributed by atoms with Crippen LogP contribution in [-0.4, -0.2) is 63.7 Å². The zero-order chi connectivity index (χ0) is 25.5. The van der Waals surface area contributed by atoms with Crippen molar-refractivity contribution in [1.82, 2.24) is 9.97 Å². The number of carbonyl (C=O) groups is 2. The first kappa shape index (κ1) is 23.5. The van der Waals surface area contributed by atoms with E-state index in [1.807, 2.05) is 48.6 Å². The molecule has 3 aromatic rings. The van der Waals surface area contributed by atoms with Crippen LogP contribution in [0.5, 0.6) is 0 Å². The van der Waals surface area contributed by atoms with Gasteiger partial charge in [-0.1, -0.05) is 60.7 Å². The molecule has 1 amide bonds. The Morgan fingerprint density at radius 1 is 1.00 bits per heavy atom. The Labute approximate surface area is 215 Å². The number of nitrogens with one attached hydrogen (secondary N) is 1. The van der Waals surface area contributed by atoms with Gasteiger partial charge in [-0.3, -0.25) is 9.78 Å². The molecule has 188 valence electrons. The van der Waals surface area contributed by atoms with Crippen molar-refractivity contribution in [3.63, 3.8) is 0 Å². The number of hydrogen-bond donors (Lipinski definition) is 2. The van der Waals surface area contributed by atoms with E-state index < -0.39 is 11.6 Å². The van der Waals surface area contributed by atoms with Gasteiger partial charge in [0.1, 0.15) is 6.54 Å². The fraction of sp³-hybridized carbons (Fsp3) is 0.310. The molecule has 3 saturated heterocycles. The Morgan fingerprint density at radius 2 is 1.65 bits per heavy atom. The van der Waals surface area contributed by atoms with Gasteiger partial charge < -0.3 is 19.6 Å². The van der Waals surface area contributed by atoms with Crippen LogP contribution in [0.1, 0.15) is 35.1 Å². The van der Waals surface area contributed by atoms with Gasteiger partial charge >= 0.3 is 5.97 Å². The molecule has 1 atom stereocenters. The summed E-state index contributed by atoms with van der Waals surface area (Å²) in [7, 11) is 0. The molecule has 37 heavy (non-hydrogen) atoms. The number of carbonyl (C=O) groups excluding carboxylic acids is 2. The third-order valence-electron chi connectivity index (χ3n) is 8.05. The van der Waals surface area contributed by atoms with Gasteiger partial charge in [0, 0.05) is 42.3 Å². The van der Waals surface area contributed by atoms with E-state index in [0.29, 0.717) is 28.0 Å². The summed E-state index contributed by atoms with van der Waals surface area (Å²) >= 11 is 0. The van der Waals surface area contributed by atoms with Crippen molar-refractivity contribution >= 4 is 29.8 Å². The molecule has 8 nitrogen and oxygen atoms in total. The Morgan fingerprint density at radius 3 is 2.27 bits per heavy atom. The predicted octanol–water partition coefficient (Wildman–Crippen LogP) is 2.99. The number of piperidine rings is 3. The standard InChI is InChI=1S/C29H28N4O4/c34-27(32-26-17-30-13-14-31-26)19-33-15-11-22(12-16-33)25(18-33)37-28(35)29(36)23-7-3-1-5-20(23)9-10-21-6-2-4-8-24(21)29/h1-10,13-14,17,22,25,36H,11-12,15-16,18-19H2/p+1/t22?,25-,33?/m0/s1. The summed E-state index contributed by atoms with van der Waals surface area (Å²) in [6.45, 7) is 2.53. The molecule has 1 aliphatic carbocycles. The summed E-state index contributed by atoms with van der Waals surface area (Å²) in [4.78, 5) is 34.9. The molecule has 1 aromatic heterocycles. The van der Waals surface area contributed by atoms with Crippen LogP contribution in [0, 0.1) is 5.92 Å². The first-order chi connectivity index (χ1) is 18.0. The average Bonchev–Trinajstić information content (AvgIpc) is 3.05. The van der Waals surface area contributed by atoms with Crippen molar-refractivity contribution < 1.29 is 23.9 Å². The van der Waals surface area contributed by atoms with Gasteiger partial charge in [0.05, 0.1) is 19.3 Å². The molecule has 0 radical (unpaired) electrons. The number of hydrogen-bond acceptors (Lipinski definition) is 6.